The van der Waals surface area contributed by atoms with Crippen molar-refractivity contribution in [1.82, 2.24) is 15.4 Å². The van der Waals surface area contributed by atoms with Gasteiger partial charge in [-0.05, 0) is 19.1 Å². The van der Waals surface area contributed by atoms with Crippen molar-refractivity contribution in [2.75, 3.05) is 23.5 Å². The summed E-state index contributed by atoms with van der Waals surface area (Å²) in [5.41, 5.74) is 0.853. The first-order valence-corrected chi connectivity index (χ1v) is 9.03. The molecule has 0 aliphatic rings. The van der Waals surface area contributed by atoms with Crippen LogP contribution in [0.1, 0.15) is 5.76 Å². The third-order valence-electron chi connectivity index (χ3n) is 2.95. The van der Waals surface area contributed by atoms with Gasteiger partial charge in [-0.15, -0.1) is 10.2 Å². The van der Waals surface area contributed by atoms with Crippen molar-refractivity contribution in [2.24, 2.45) is 0 Å². The van der Waals surface area contributed by atoms with E-state index in [4.69, 9.17) is 9.26 Å². The molecular weight excluding hydrogens is 362 g/mol. The molecule has 1 aromatic carbocycles. The number of rotatable bonds is 7. The van der Waals surface area contributed by atoms with Gasteiger partial charge >= 0.3 is 0 Å². The lowest BCUT2D eigenvalue weighted by Gasteiger charge is -2.04. The van der Waals surface area contributed by atoms with E-state index in [0.29, 0.717) is 21.0 Å². The molecule has 0 radical (unpaired) electrons. The molecule has 25 heavy (non-hydrogen) atoms. The average Bonchev–Trinajstić information content (AvgIpc) is 3.22. The molecule has 130 valence electrons. The molecule has 0 atom stereocenters. The minimum atomic E-state index is -0.184. The third-order valence-corrected chi connectivity index (χ3v) is 4.92. The third kappa shape index (κ3) is 4.94. The Bertz CT molecular complexity index is 864. The monoisotopic (exact) mass is 377 g/mol. The number of methoxy groups -OCH3 is 1. The van der Waals surface area contributed by atoms with Crippen LogP contribution in [0.25, 0.3) is 0 Å². The molecule has 0 saturated heterocycles. The first-order chi connectivity index (χ1) is 12.1. The molecule has 0 aliphatic carbocycles. The number of amides is 1. The topological polar surface area (TPSA) is 102 Å². The van der Waals surface area contributed by atoms with Crippen molar-refractivity contribution >= 4 is 45.6 Å². The molecule has 0 spiro atoms. The summed E-state index contributed by atoms with van der Waals surface area (Å²) in [6.07, 6.45) is 0. The molecule has 0 saturated carbocycles. The number of ether oxygens (including phenoxy) is 1. The number of benzene rings is 1. The minimum absolute atomic E-state index is 0.184. The maximum Gasteiger partial charge on any atom is 0.236 e. The summed E-state index contributed by atoms with van der Waals surface area (Å²) in [5, 5.41) is 18.3. The molecule has 8 nitrogen and oxygen atoms in total. The van der Waals surface area contributed by atoms with E-state index in [1.807, 2.05) is 24.3 Å². The average molecular weight is 377 g/mol. The highest BCUT2D eigenvalue weighted by molar-refractivity contribution is 8.01. The van der Waals surface area contributed by atoms with Gasteiger partial charge in [-0.2, -0.15) is 0 Å². The van der Waals surface area contributed by atoms with Crippen LogP contribution in [0.15, 0.2) is 39.2 Å². The Kier molecular flexibility index (Phi) is 5.51. The molecule has 1 amide bonds. The fourth-order valence-corrected chi connectivity index (χ4v) is 3.45. The lowest BCUT2D eigenvalue weighted by Crippen LogP contribution is -2.14. The van der Waals surface area contributed by atoms with Gasteiger partial charge in [0, 0.05) is 17.8 Å². The zero-order chi connectivity index (χ0) is 17.6. The molecule has 0 bridgehead atoms. The largest absolute Gasteiger partial charge is 0.497 e. The van der Waals surface area contributed by atoms with Gasteiger partial charge in [-0.25, -0.2) is 0 Å². The maximum absolute atomic E-state index is 11.9. The van der Waals surface area contributed by atoms with E-state index >= 15 is 0 Å². The van der Waals surface area contributed by atoms with E-state index in [9.17, 15) is 4.79 Å². The molecule has 0 fully saturated rings. The SMILES string of the molecule is COc1cccc(Nc2nnc(SCC(=O)Nc3cc(C)on3)s2)c1. The van der Waals surface area contributed by atoms with Gasteiger partial charge < -0.3 is 19.9 Å². The molecular formula is C15H15N5O3S2. The molecule has 2 N–H and O–H groups in total. The van der Waals surface area contributed by atoms with Crippen molar-refractivity contribution in [1.29, 1.82) is 0 Å². The van der Waals surface area contributed by atoms with Crippen molar-refractivity contribution in [3.8, 4) is 5.75 Å². The van der Waals surface area contributed by atoms with Gasteiger partial charge in [0.2, 0.25) is 11.0 Å². The Morgan fingerprint density at radius 1 is 1.36 bits per heavy atom. The van der Waals surface area contributed by atoms with E-state index in [2.05, 4.69) is 26.0 Å². The Hall–Kier alpha value is -2.59. The number of nitrogens with one attached hydrogen (secondary N) is 2. The molecule has 0 aliphatic heterocycles. The van der Waals surface area contributed by atoms with Crippen molar-refractivity contribution in [3.63, 3.8) is 0 Å². The minimum Gasteiger partial charge on any atom is -0.497 e. The number of hydrogen-bond acceptors (Lipinski definition) is 9. The molecule has 0 unspecified atom stereocenters. The number of aryl methyl sites for hydroxylation is 1. The predicted molar refractivity (Wildman–Crippen MR) is 96.8 cm³/mol. The summed E-state index contributed by atoms with van der Waals surface area (Å²) in [5.74, 6) is 1.82. The lowest BCUT2D eigenvalue weighted by atomic mass is 10.3. The highest BCUT2D eigenvalue weighted by Gasteiger charge is 2.10. The highest BCUT2D eigenvalue weighted by atomic mass is 32.2. The Morgan fingerprint density at radius 3 is 3.00 bits per heavy atom. The van der Waals surface area contributed by atoms with E-state index in [-0.39, 0.29) is 11.7 Å². The summed E-state index contributed by atoms with van der Waals surface area (Å²) < 4.78 is 10.8. The van der Waals surface area contributed by atoms with Crippen molar-refractivity contribution < 1.29 is 14.1 Å². The lowest BCUT2D eigenvalue weighted by molar-refractivity contribution is -0.113. The quantitative estimate of drug-likeness (QED) is 0.605. The number of aromatic nitrogens is 3. The standard InChI is InChI=1S/C15H15N5O3S2/c1-9-6-12(20-23-9)17-13(21)8-24-15-19-18-14(25-15)16-10-4-3-5-11(7-10)22-2/h3-7H,8H2,1-2H3,(H,16,18)(H,17,20,21). The van der Waals surface area contributed by atoms with Crippen LogP contribution in [0.5, 0.6) is 5.75 Å². The van der Waals surface area contributed by atoms with E-state index < -0.39 is 0 Å². The molecule has 3 aromatic rings. The fourth-order valence-electron chi connectivity index (χ4n) is 1.87. The normalized spacial score (nSPS) is 10.5. The first kappa shape index (κ1) is 17.2. The zero-order valence-electron chi connectivity index (χ0n) is 13.5. The Labute approximate surface area is 152 Å². The van der Waals surface area contributed by atoms with E-state index in [1.165, 1.54) is 23.1 Å². The molecule has 10 heteroatoms. The molecule has 3 rings (SSSR count). The van der Waals surface area contributed by atoms with Crippen LogP contribution in [0, 0.1) is 6.92 Å². The number of carbonyl (C=O) groups excluding carboxylic acids is 1. The summed E-state index contributed by atoms with van der Waals surface area (Å²) >= 11 is 2.67. The van der Waals surface area contributed by atoms with Crippen LogP contribution in [-0.4, -0.2) is 34.1 Å². The van der Waals surface area contributed by atoms with Gasteiger partial charge in [0.25, 0.3) is 0 Å². The number of anilines is 3. The first-order valence-electron chi connectivity index (χ1n) is 7.23. The van der Waals surface area contributed by atoms with Crippen LogP contribution in [0.4, 0.5) is 16.6 Å². The number of hydrogen-bond donors (Lipinski definition) is 2. The highest BCUT2D eigenvalue weighted by Crippen LogP contribution is 2.28. The number of thioether (sulfide) groups is 1. The Morgan fingerprint density at radius 2 is 2.24 bits per heavy atom. The predicted octanol–water partition coefficient (Wildman–Crippen LogP) is 3.32. The maximum atomic E-state index is 11.9. The number of carbonyl (C=O) groups is 1. The summed E-state index contributed by atoms with van der Waals surface area (Å²) in [4.78, 5) is 11.9. The van der Waals surface area contributed by atoms with Crippen LogP contribution in [0.3, 0.4) is 0 Å². The Balaban J connectivity index is 1.52. The van der Waals surface area contributed by atoms with Crippen LogP contribution >= 0.6 is 23.1 Å². The molecule has 2 heterocycles. The van der Waals surface area contributed by atoms with Gasteiger partial charge in [-0.1, -0.05) is 34.3 Å². The van der Waals surface area contributed by atoms with Crippen LogP contribution in [0.2, 0.25) is 0 Å². The summed E-state index contributed by atoms with van der Waals surface area (Å²) in [6, 6.07) is 9.17. The fraction of sp³-hybridized carbons (Fsp3) is 0.200. The summed E-state index contributed by atoms with van der Waals surface area (Å²) in [7, 11) is 1.62. The van der Waals surface area contributed by atoms with E-state index in [1.54, 1.807) is 20.1 Å². The number of nitrogens with zero attached hydrogens (tertiary/aromatic N) is 3. The molecule has 2 aromatic heterocycles. The van der Waals surface area contributed by atoms with Crippen molar-refractivity contribution in [3.05, 3.63) is 36.1 Å². The van der Waals surface area contributed by atoms with Crippen LogP contribution < -0.4 is 15.4 Å². The van der Waals surface area contributed by atoms with Gasteiger partial charge in [0.05, 0.1) is 12.9 Å². The van der Waals surface area contributed by atoms with Crippen LogP contribution in [-0.2, 0) is 4.79 Å². The zero-order valence-corrected chi connectivity index (χ0v) is 15.1. The smallest absolute Gasteiger partial charge is 0.236 e. The second kappa shape index (κ2) is 7.99. The van der Waals surface area contributed by atoms with Gasteiger partial charge in [0.1, 0.15) is 11.5 Å². The van der Waals surface area contributed by atoms with Crippen molar-refractivity contribution in [2.45, 2.75) is 11.3 Å². The van der Waals surface area contributed by atoms with E-state index in [0.717, 1.165) is 11.4 Å². The second-order valence-electron chi connectivity index (χ2n) is 4.89. The van der Waals surface area contributed by atoms with Gasteiger partial charge in [0.15, 0.2) is 10.2 Å². The van der Waals surface area contributed by atoms with Gasteiger partial charge in [-0.3, -0.25) is 4.79 Å². The summed E-state index contributed by atoms with van der Waals surface area (Å²) in [6.45, 7) is 1.76. The second-order valence-corrected chi connectivity index (χ2v) is 7.09.